The SMILES string of the molecule is Cc1cccc(C(=N)N)c1N(C)C1CCC(C)CC1. The molecule has 0 spiro atoms. The summed E-state index contributed by atoms with van der Waals surface area (Å²) in [5.41, 5.74) is 8.93. The molecular weight excluding hydrogens is 234 g/mol. The van der Waals surface area contributed by atoms with E-state index in [1.165, 1.54) is 31.2 Å². The van der Waals surface area contributed by atoms with Crippen LogP contribution in [0, 0.1) is 18.3 Å². The van der Waals surface area contributed by atoms with E-state index in [1.54, 1.807) is 0 Å². The largest absolute Gasteiger partial charge is 0.384 e. The summed E-state index contributed by atoms with van der Waals surface area (Å²) < 4.78 is 0. The monoisotopic (exact) mass is 259 g/mol. The Labute approximate surface area is 116 Å². The lowest BCUT2D eigenvalue weighted by atomic mass is 9.86. The van der Waals surface area contributed by atoms with E-state index in [0.717, 1.165) is 17.2 Å². The van der Waals surface area contributed by atoms with Crippen LogP contribution in [0.1, 0.15) is 43.7 Å². The van der Waals surface area contributed by atoms with Gasteiger partial charge >= 0.3 is 0 Å². The first-order valence-corrected chi connectivity index (χ1v) is 7.17. The van der Waals surface area contributed by atoms with Crippen LogP contribution in [0.15, 0.2) is 18.2 Å². The first kappa shape index (κ1) is 13.9. The van der Waals surface area contributed by atoms with Crippen molar-refractivity contribution in [2.75, 3.05) is 11.9 Å². The van der Waals surface area contributed by atoms with Crippen molar-refractivity contribution in [3.05, 3.63) is 29.3 Å². The van der Waals surface area contributed by atoms with Gasteiger partial charge in [-0.25, -0.2) is 0 Å². The number of rotatable bonds is 3. The summed E-state index contributed by atoms with van der Waals surface area (Å²) in [6.45, 7) is 4.44. The first-order chi connectivity index (χ1) is 9.00. The molecule has 0 amide bonds. The van der Waals surface area contributed by atoms with Crippen LogP contribution in [-0.4, -0.2) is 18.9 Å². The van der Waals surface area contributed by atoms with Crippen LogP contribution in [0.3, 0.4) is 0 Å². The molecule has 0 saturated heterocycles. The first-order valence-electron chi connectivity index (χ1n) is 7.17. The number of aryl methyl sites for hydroxylation is 1. The second-order valence-electron chi connectivity index (χ2n) is 5.91. The van der Waals surface area contributed by atoms with E-state index in [1.807, 2.05) is 12.1 Å². The summed E-state index contributed by atoms with van der Waals surface area (Å²) in [5.74, 6) is 1.02. The maximum Gasteiger partial charge on any atom is 0.124 e. The van der Waals surface area contributed by atoms with Gasteiger partial charge < -0.3 is 10.6 Å². The molecule has 0 aromatic heterocycles. The van der Waals surface area contributed by atoms with Gasteiger partial charge in [-0.3, -0.25) is 5.41 Å². The number of benzene rings is 1. The number of anilines is 1. The van der Waals surface area contributed by atoms with Gasteiger partial charge in [-0.15, -0.1) is 0 Å². The lowest BCUT2D eigenvalue weighted by Crippen LogP contribution is -2.36. The predicted octanol–water partition coefficient (Wildman–Crippen LogP) is 3.29. The third-order valence-corrected chi connectivity index (χ3v) is 4.41. The minimum atomic E-state index is 0.162. The van der Waals surface area contributed by atoms with Gasteiger partial charge in [-0.2, -0.15) is 0 Å². The van der Waals surface area contributed by atoms with Gasteiger partial charge in [0, 0.05) is 18.7 Å². The zero-order valence-corrected chi connectivity index (χ0v) is 12.2. The standard InChI is InChI=1S/C16H25N3/c1-11-7-9-13(10-8-11)19(3)15-12(2)5-4-6-14(15)16(17)18/h4-6,11,13H,7-10H2,1-3H3,(H3,17,18). The van der Waals surface area contributed by atoms with Gasteiger partial charge in [-0.05, 0) is 50.2 Å². The van der Waals surface area contributed by atoms with E-state index in [0.29, 0.717) is 6.04 Å². The zero-order chi connectivity index (χ0) is 14.0. The van der Waals surface area contributed by atoms with Crippen molar-refractivity contribution in [2.45, 2.75) is 45.6 Å². The zero-order valence-electron chi connectivity index (χ0n) is 12.2. The van der Waals surface area contributed by atoms with E-state index >= 15 is 0 Å². The summed E-state index contributed by atoms with van der Waals surface area (Å²) in [6.07, 6.45) is 5.08. The minimum absolute atomic E-state index is 0.162. The third-order valence-electron chi connectivity index (χ3n) is 4.41. The number of para-hydroxylation sites is 1. The molecule has 0 bridgehead atoms. The highest BCUT2D eigenvalue weighted by Crippen LogP contribution is 2.32. The van der Waals surface area contributed by atoms with Crippen molar-refractivity contribution < 1.29 is 0 Å². The molecule has 3 heteroatoms. The molecule has 1 aromatic rings. The normalized spacial score (nSPS) is 23.1. The Kier molecular flexibility index (Phi) is 4.13. The second kappa shape index (κ2) is 5.64. The summed E-state index contributed by atoms with van der Waals surface area (Å²) in [7, 11) is 2.15. The van der Waals surface area contributed by atoms with E-state index in [-0.39, 0.29) is 5.84 Å². The van der Waals surface area contributed by atoms with E-state index in [9.17, 15) is 0 Å². The van der Waals surface area contributed by atoms with Crippen molar-refractivity contribution in [1.29, 1.82) is 5.41 Å². The Hall–Kier alpha value is -1.51. The molecule has 0 heterocycles. The molecule has 0 aliphatic heterocycles. The molecule has 1 aliphatic carbocycles. The number of nitrogens with two attached hydrogens (primary N) is 1. The highest BCUT2D eigenvalue weighted by molar-refractivity contribution is 6.01. The van der Waals surface area contributed by atoms with Gasteiger partial charge in [-0.1, -0.05) is 19.1 Å². The number of hydrogen-bond acceptors (Lipinski definition) is 2. The highest BCUT2D eigenvalue weighted by atomic mass is 15.1. The lowest BCUT2D eigenvalue weighted by molar-refractivity contribution is 0.340. The van der Waals surface area contributed by atoms with Crippen molar-refractivity contribution in [3.8, 4) is 0 Å². The fourth-order valence-corrected chi connectivity index (χ4v) is 3.16. The van der Waals surface area contributed by atoms with Crippen LogP contribution >= 0.6 is 0 Å². The molecule has 2 rings (SSSR count). The Balaban J connectivity index is 2.28. The van der Waals surface area contributed by atoms with Gasteiger partial charge in [0.2, 0.25) is 0 Å². The van der Waals surface area contributed by atoms with E-state index in [4.69, 9.17) is 11.1 Å². The van der Waals surface area contributed by atoms with Crippen molar-refractivity contribution in [2.24, 2.45) is 11.7 Å². The molecule has 1 fully saturated rings. The van der Waals surface area contributed by atoms with Crippen LogP contribution in [-0.2, 0) is 0 Å². The number of amidine groups is 1. The molecule has 0 radical (unpaired) electrons. The fourth-order valence-electron chi connectivity index (χ4n) is 3.16. The number of nitrogens with zero attached hydrogens (tertiary/aromatic N) is 1. The van der Waals surface area contributed by atoms with Gasteiger partial charge in [0.1, 0.15) is 5.84 Å². The lowest BCUT2D eigenvalue weighted by Gasteiger charge is -2.36. The summed E-state index contributed by atoms with van der Waals surface area (Å²) in [6, 6.07) is 6.61. The van der Waals surface area contributed by atoms with Crippen LogP contribution in [0.2, 0.25) is 0 Å². The molecular formula is C16H25N3. The Morgan fingerprint density at radius 3 is 2.47 bits per heavy atom. The third kappa shape index (κ3) is 2.91. The number of nitrogen functional groups attached to an aromatic ring is 1. The Bertz CT molecular complexity index is 459. The molecule has 1 saturated carbocycles. The number of nitrogens with one attached hydrogen (secondary N) is 1. The molecule has 0 atom stereocenters. The summed E-state index contributed by atoms with van der Waals surface area (Å²) >= 11 is 0. The van der Waals surface area contributed by atoms with Crippen molar-refractivity contribution in [1.82, 2.24) is 0 Å². The molecule has 3 nitrogen and oxygen atoms in total. The Morgan fingerprint density at radius 2 is 1.89 bits per heavy atom. The van der Waals surface area contributed by atoms with E-state index in [2.05, 4.69) is 31.9 Å². The molecule has 0 unspecified atom stereocenters. The maximum atomic E-state index is 7.76. The minimum Gasteiger partial charge on any atom is -0.384 e. The molecule has 3 N–H and O–H groups in total. The van der Waals surface area contributed by atoms with Gasteiger partial charge in [0.05, 0.1) is 5.69 Å². The molecule has 1 aliphatic rings. The van der Waals surface area contributed by atoms with Crippen LogP contribution < -0.4 is 10.6 Å². The van der Waals surface area contributed by atoms with E-state index < -0.39 is 0 Å². The van der Waals surface area contributed by atoms with Crippen LogP contribution in [0.4, 0.5) is 5.69 Å². The van der Waals surface area contributed by atoms with Gasteiger partial charge in [0.15, 0.2) is 0 Å². The average Bonchev–Trinajstić information content (AvgIpc) is 2.38. The molecule has 19 heavy (non-hydrogen) atoms. The summed E-state index contributed by atoms with van der Waals surface area (Å²) in [4.78, 5) is 2.35. The second-order valence-corrected chi connectivity index (χ2v) is 5.91. The van der Waals surface area contributed by atoms with Crippen molar-refractivity contribution >= 4 is 11.5 Å². The summed E-state index contributed by atoms with van der Waals surface area (Å²) in [5, 5.41) is 7.76. The number of hydrogen-bond donors (Lipinski definition) is 2. The fraction of sp³-hybridized carbons (Fsp3) is 0.562. The molecule has 104 valence electrons. The van der Waals surface area contributed by atoms with Crippen LogP contribution in [0.5, 0.6) is 0 Å². The molecule has 1 aromatic carbocycles. The van der Waals surface area contributed by atoms with Crippen LogP contribution in [0.25, 0.3) is 0 Å². The topological polar surface area (TPSA) is 53.1 Å². The predicted molar refractivity (Wildman–Crippen MR) is 82.0 cm³/mol. The Morgan fingerprint density at radius 1 is 1.26 bits per heavy atom. The van der Waals surface area contributed by atoms with Gasteiger partial charge in [0.25, 0.3) is 0 Å². The maximum absolute atomic E-state index is 7.76. The van der Waals surface area contributed by atoms with Crippen molar-refractivity contribution in [3.63, 3.8) is 0 Å². The quantitative estimate of drug-likeness (QED) is 0.646. The average molecular weight is 259 g/mol. The highest BCUT2D eigenvalue weighted by Gasteiger charge is 2.24. The smallest absolute Gasteiger partial charge is 0.124 e.